The van der Waals surface area contributed by atoms with Gasteiger partial charge in [-0.2, -0.15) is 0 Å². The monoisotopic (exact) mass is 217 g/mol. The van der Waals surface area contributed by atoms with Gasteiger partial charge in [0.25, 0.3) is 0 Å². The molecule has 0 amide bonds. The topological polar surface area (TPSA) is 21.6 Å². The van der Waals surface area contributed by atoms with Crippen molar-refractivity contribution in [3.63, 3.8) is 0 Å². The molecule has 0 aliphatic carbocycles. The van der Waals surface area contributed by atoms with Gasteiger partial charge in [0.1, 0.15) is 6.61 Å². The van der Waals surface area contributed by atoms with Crippen LogP contribution in [0.4, 0.5) is 0 Å². The lowest BCUT2D eigenvalue weighted by atomic mass is 10.1. The van der Waals surface area contributed by atoms with Crippen LogP contribution in [-0.4, -0.2) is 18.5 Å². The lowest BCUT2D eigenvalue weighted by Gasteiger charge is -2.06. The quantitative estimate of drug-likeness (QED) is 0.746. The van der Waals surface area contributed by atoms with Crippen molar-refractivity contribution >= 4 is 5.90 Å². The first-order valence-electron chi connectivity index (χ1n) is 5.85. The van der Waals surface area contributed by atoms with Gasteiger partial charge in [0, 0.05) is 5.56 Å². The fourth-order valence-electron chi connectivity index (χ4n) is 1.99. The first-order chi connectivity index (χ1) is 7.56. The van der Waals surface area contributed by atoms with Crippen LogP contribution >= 0.6 is 0 Å². The largest absolute Gasteiger partial charge is 0.475 e. The van der Waals surface area contributed by atoms with Crippen LogP contribution in [0.3, 0.4) is 0 Å². The smallest absolute Gasteiger partial charge is 0.216 e. The second kappa shape index (κ2) is 4.28. The van der Waals surface area contributed by atoms with Gasteiger partial charge in [-0.05, 0) is 31.9 Å². The molecule has 2 heteroatoms. The van der Waals surface area contributed by atoms with E-state index in [4.69, 9.17) is 4.74 Å². The lowest BCUT2D eigenvalue weighted by molar-refractivity contribution is 0.292. The molecule has 2 nitrogen and oxygen atoms in total. The molecule has 1 aromatic rings. The lowest BCUT2D eigenvalue weighted by Crippen LogP contribution is -2.13. The molecule has 1 atom stereocenters. The second-order valence-electron chi connectivity index (χ2n) is 4.93. The Morgan fingerprint density at radius 2 is 1.81 bits per heavy atom. The van der Waals surface area contributed by atoms with Crippen LogP contribution in [0.5, 0.6) is 0 Å². The number of hydrogen-bond donors (Lipinski definition) is 0. The number of aryl methyl sites for hydroxylation is 2. The highest BCUT2D eigenvalue weighted by molar-refractivity contribution is 5.95. The van der Waals surface area contributed by atoms with E-state index in [2.05, 4.69) is 50.9 Å². The van der Waals surface area contributed by atoms with E-state index in [1.807, 2.05) is 0 Å². The maximum atomic E-state index is 5.67. The van der Waals surface area contributed by atoms with Crippen molar-refractivity contribution in [2.24, 2.45) is 10.9 Å². The summed E-state index contributed by atoms with van der Waals surface area (Å²) in [5.74, 6) is 1.36. The van der Waals surface area contributed by atoms with Crippen molar-refractivity contribution in [1.82, 2.24) is 0 Å². The number of hydrogen-bond acceptors (Lipinski definition) is 2. The Labute approximate surface area is 97.4 Å². The number of rotatable bonds is 2. The number of nitrogens with zero attached hydrogens (tertiary/aromatic N) is 1. The molecule has 0 aromatic heterocycles. The van der Waals surface area contributed by atoms with Crippen molar-refractivity contribution < 1.29 is 4.74 Å². The summed E-state index contributed by atoms with van der Waals surface area (Å²) in [5, 5.41) is 0. The minimum Gasteiger partial charge on any atom is -0.475 e. The zero-order valence-electron chi connectivity index (χ0n) is 10.4. The normalized spacial score (nSPS) is 19.8. The second-order valence-corrected chi connectivity index (χ2v) is 4.93. The van der Waals surface area contributed by atoms with Gasteiger partial charge in [0.15, 0.2) is 0 Å². The summed E-state index contributed by atoms with van der Waals surface area (Å²) in [5.41, 5.74) is 3.63. The Bertz CT molecular complexity index is 400. The fourth-order valence-corrected chi connectivity index (χ4v) is 1.99. The van der Waals surface area contributed by atoms with Crippen LogP contribution in [0.15, 0.2) is 23.2 Å². The van der Waals surface area contributed by atoms with Crippen molar-refractivity contribution in [2.75, 3.05) is 6.61 Å². The molecule has 16 heavy (non-hydrogen) atoms. The zero-order chi connectivity index (χ0) is 11.7. The van der Waals surface area contributed by atoms with Gasteiger partial charge in [-0.25, -0.2) is 4.99 Å². The number of aliphatic imine (C=N–C) groups is 1. The first kappa shape index (κ1) is 11.2. The third kappa shape index (κ3) is 2.26. The Morgan fingerprint density at radius 3 is 2.31 bits per heavy atom. The van der Waals surface area contributed by atoms with Gasteiger partial charge in [-0.1, -0.05) is 31.0 Å². The van der Waals surface area contributed by atoms with Crippen LogP contribution in [0.25, 0.3) is 0 Å². The Kier molecular flexibility index (Phi) is 2.99. The van der Waals surface area contributed by atoms with Gasteiger partial charge in [0.05, 0.1) is 6.04 Å². The maximum Gasteiger partial charge on any atom is 0.216 e. The molecule has 2 rings (SSSR count). The number of ether oxygens (including phenoxy) is 1. The van der Waals surface area contributed by atoms with E-state index in [9.17, 15) is 0 Å². The van der Waals surface area contributed by atoms with Crippen LogP contribution in [-0.2, 0) is 4.74 Å². The Morgan fingerprint density at radius 1 is 1.19 bits per heavy atom. The molecule has 0 fully saturated rings. The van der Waals surface area contributed by atoms with Gasteiger partial charge in [-0.15, -0.1) is 0 Å². The number of benzene rings is 1. The molecule has 1 aliphatic heterocycles. The first-order valence-corrected chi connectivity index (χ1v) is 5.85. The van der Waals surface area contributed by atoms with Gasteiger partial charge in [0.2, 0.25) is 5.90 Å². The van der Waals surface area contributed by atoms with Crippen LogP contribution in [0.2, 0.25) is 0 Å². The van der Waals surface area contributed by atoms with E-state index in [1.165, 1.54) is 11.1 Å². The minimum absolute atomic E-state index is 0.316. The van der Waals surface area contributed by atoms with Crippen molar-refractivity contribution in [1.29, 1.82) is 0 Å². The van der Waals surface area contributed by atoms with Crippen molar-refractivity contribution in [2.45, 2.75) is 33.7 Å². The zero-order valence-corrected chi connectivity index (χ0v) is 10.4. The average molecular weight is 217 g/mol. The Balaban J connectivity index is 2.28. The van der Waals surface area contributed by atoms with Gasteiger partial charge < -0.3 is 4.74 Å². The summed E-state index contributed by atoms with van der Waals surface area (Å²) in [7, 11) is 0. The van der Waals surface area contributed by atoms with Crippen LogP contribution in [0.1, 0.15) is 30.5 Å². The van der Waals surface area contributed by atoms with Crippen LogP contribution < -0.4 is 0 Å². The Hall–Kier alpha value is -1.31. The molecule has 0 N–H and O–H groups in total. The summed E-state index contributed by atoms with van der Waals surface area (Å²) in [6.45, 7) is 9.29. The average Bonchev–Trinajstić information content (AvgIpc) is 2.64. The molecule has 0 saturated carbocycles. The minimum atomic E-state index is 0.316. The summed E-state index contributed by atoms with van der Waals surface area (Å²) >= 11 is 0. The summed E-state index contributed by atoms with van der Waals surface area (Å²) in [4.78, 5) is 4.63. The molecule has 1 heterocycles. The highest BCUT2D eigenvalue weighted by Crippen LogP contribution is 2.19. The molecule has 0 saturated heterocycles. The fraction of sp³-hybridized carbons (Fsp3) is 0.500. The van der Waals surface area contributed by atoms with E-state index in [0.717, 1.165) is 18.1 Å². The van der Waals surface area contributed by atoms with E-state index in [0.29, 0.717) is 12.0 Å². The molecular formula is C14H19NO. The van der Waals surface area contributed by atoms with Crippen LogP contribution in [0, 0.1) is 19.8 Å². The third-order valence-electron chi connectivity index (χ3n) is 2.91. The standard InChI is InChI=1S/C14H19NO/c1-9(2)13-8-16-14(15-13)12-6-10(3)5-11(4)7-12/h5-7,9,13H,8H2,1-4H3/t13-/m1/s1. The molecule has 86 valence electrons. The molecule has 1 aliphatic rings. The summed E-state index contributed by atoms with van der Waals surface area (Å²) in [6, 6.07) is 6.75. The molecule has 0 spiro atoms. The predicted octanol–water partition coefficient (Wildman–Crippen LogP) is 3.10. The highest BCUT2D eigenvalue weighted by atomic mass is 16.5. The van der Waals surface area contributed by atoms with Crippen molar-refractivity contribution in [3.8, 4) is 0 Å². The third-order valence-corrected chi connectivity index (χ3v) is 2.91. The van der Waals surface area contributed by atoms with E-state index in [-0.39, 0.29) is 0 Å². The van der Waals surface area contributed by atoms with E-state index < -0.39 is 0 Å². The molecular weight excluding hydrogens is 198 g/mol. The molecule has 1 aromatic carbocycles. The van der Waals surface area contributed by atoms with Crippen molar-refractivity contribution in [3.05, 3.63) is 34.9 Å². The van der Waals surface area contributed by atoms with Gasteiger partial charge in [-0.3, -0.25) is 0 Å². The predicted molar refractivity (Wildman–Crippen MR) is 67.0 cm³/mol. The van der Waals surface area contributed by atoms with E-state index >= 15 is 0 Å². The SMILES string of the molecule is Cc1cc(C)cc(C2=N[C@@H](C(C)C)CO2)c1. The molecule has 0 radical (unpaired) electrons. The summed E-state index contributed by atoms with van der Waals surface area (Å²) in [6.07, 6.45) is 0. The summed E-state index contributed by atoms with van der Waals surface area (Å²) < 4.78 is 5.67. The maximum absolute atomic E-state index is 5.67. The van der Waals surface area contributed by atoms with Gasteiger partial charge >= 0.3 is 0 Å². The highest BCUT2D eigenvalue weighted by Gasteiger charge is 2.22. The van der Waals surface area contributed by atoms with E-state index in [1.54, 1.807) is 0 Å². The molecule has 0 unspecified atom stereocenters. The molecule has 0 bridgehead atoms.